The molecule has 0 spiro atoms. The van der Waals surface area contributed by atoms with E-state index < -0.39 is 0 Å². The van der Waals surface area contributed by atoms with Crippen LogP contribution < -0.4 is 0 Å². The van der Waals surface area contributed by atoms with Crippen molar-refractivity contribution in [3.63, 3.8) is 0 Å². The quantitative estimate of drug-likeness (QED) is 0.552. The molecule has 7 atom stereocenters. The number of ether oxygens (including phenoxy) is 1. The molecule has 4 heteroatoms. The van der Waals surface area contributed by atoms with Gasteiger partial charge in [-0.15, -0.1) is 0 Å². The fourth-order valence-electron chi connectivity index (χ4n) is 8.21. The van der Waals surface area contributed by atoms with Gasteiger partial charge in [0.1, 0.15) is 0 Å². The predicted octanol–water partition coefficient (Wildman–Crippen LogP) is 5.49. The minimum Gasteiger partial charge on any atom is -0.393 e. The van der Waals surface area contributed by atoms with E-state index in [-0.39, 0.29) is 17.8 Å². The Morgan fingerprint density at radius 3 is 2.55 bits per heavy atom. The molecular weight excluding hydrogens is 410 g/mol. The van der Waals surface area contributed by atoms with Gasteiger partial charge in [-0.1, -0.05) is 37.1 Å². The molecule has 0 aromatic carbocycles. The lowest BCUT2D eigenvalue weighted by atomic mass is 9.61. The molecule has 2 N–H and O–H groups in total. The molecule has 1 aliphatic heterocycles. The van der Waals surface area contributed by atoms with Gasteiger partial charge in [-0.05, 0) is 108 Å². The summed E-state index contributed by atoms with van der Waals surface area (Å²) in [4.78, 5) is 2.73. The molecule has 0 radical (unpaired) electrons. The van der Waals surface area contributed by atoms with Crippen molar-refractivity contribution < 1.29 is 14.9 Å². The van der Waals surface area contributed by atoms with E-state index in [1.165, 1.54) is 63.6 Å². The van der Waals surface area contributed by atoms with Crippen LogP contribution in [0.2, 0.25) is 0 Å². The second kappa shape index (κ2) is 10.1. The molecule has 4 nitrogen and oxygen atoms in total. The highest BCUT2D eigenvalue weighted by Gasteiger charge is 2.51. The number of aliphatic hydroxyl groups excluding tert-OH is 2. The van der Waals surface area contributed by atoms with Crippen LogP contribution in [-0.4, -0.2) is 59.2 Å². The molecule has 0 bridgehead atoms. The summed E-state index contributed by atoms with van der Waals surface area (Å²) in [7, 11) is 1.86. The number of fused-ring (bicyclic) bond motifs is 1. The monoisotopic (exact) mass is 459 g/mol. The summed E-state index contributed by atoms with van der Waals surface area (Å²) < 4.78 is 5.88. The predicted molar refractivity (Wildman–Crippen MR) is 135 cm³/mol. The van der Waals surface area contributed by atoms with Crippen LogP contribution in [0.1, 0.15) is 91.9 Å². The molecule has 3 aliphatic carbocycles. The van der Waals surface area contributed by atoms with Crippen LogP contribution >= 0.6 is 0 Å². The normalized spacial score (nSPS) is 40.3. The van der Waals surface area contributed by atoms with Crippen LogP contribution in [0.3, 0.4) is 0 Å². The number of aliphatic hydroxyl groups is 2. The third-order valence-corrected chi connectivity index (χ3v) is 10.0. The van der Waals surface area contributed by atoms with Gasteiger partial charge in [-0.25, -0.2) is 0 Å². The standard InChI is InChI=1S/C29H49NO3/c1-20(19-30-15-7-9-27(30)28(2,3)33-5)25-12-13-26-22(8-6-14-29(25,26)4)11-10-21-16-23(31)18-24(32)17-21/h10-11,20,23-27,31-32H,6-9,12-19H2,1-5H3/b22-11+/t20-,23-,24-,25-,26+,27+,29-/m1/s1. The Bertz CT molecular complexity index is 731. The van der Waals surface area contributed by atoms with Crippen molar-refractivity contribution in [3.05, 3.63) is 23.3 Å². The number of likely N-dealkylation sites (tertiary alicyclic amines) is 1. The van der Waals surface area contributed by atoms with Gasteiger partial charge in [0.25, 0.3) is 0 Å². The van der Waals surface area contributed by atoms with E-state index in [1.54, 1.807) is 5.57 Å². The van der Waals surface area contributed by atoms with E-state index in [1.807, 2.05) is 7.11 Å². The Morgan fingerprint density at radius 2 is 1.85 bits per heavy atom. The van der Waals surface area contributed by atoms with Crippen molar-refractivity contribution in [2.75, 3.05) is 20.2 Å². The lowest BCUT2D eigenvalue weighted by molar-refractivity contribution is -0.0469. The fourth-order valence-corrected chi connectivity index (χ4v) is 8.21. The SMILES string of the molecule is COC(C)(C)[C@@H]1CCCN1C[C@@H](C)[C@H]1CC[C@H]2/C(=C/C=C3C[C@@H](O)C[C@H](O)C3)CCC[C@]12C. The largest absolute Gasteiger partial charge is 0.393 e. The van der Waals surface area contributed by atoms with Crippen LogP contribution in [0.4, 0.5) is 0 Å². The fraction of sp³-hybridized carbons (Fsp3) is 0.862. The number of rotatable bonds is 6. The third-order valence-electron chi connectivity index (χ3n) is 10.0. The first-order chi connectivity index (χ1) is 15.6. The Labute approximate surface area is 202 Å². The molecule has 188 valence electrons. The number of allylic oxidation sites excluding steroid dienone is 3. The highest BCUT2D eigenvalue weighted by molar-refractivity contribution is 5.26. The molecule has 4 aliphatic rings. The molecule has 33 heavy (non-hydrogen) atoms. The second-order valence-corrected chi connectivity index (χ2v) is 12.6. The van der Waals surface area contributed by atoms with Gasteiger partial charge in [0.2, 0.25) is 0 Å². The molecule has 0 aromatic heterocycles. The lowest BCUT2D eigenvalue weighted by Gasteiger charge is -2.46. The summed E-state index contributed by atoms with van der Waals surface area (Å²) in [5.74, 6) is 2.18. The molecule has 1 heterocycles. The van der Waals surface area contributed by atoms with Crippen molar-refractivity contribution in [1.29, 1.82) is 0 Å². The van der Waals surface area contributed by atoms with E-state index in [0.29, 0.717) is 29.7 Å². The first-order valence-electron chi connectivity index (χ1n) is 13.7. The van der Waals surface area contributed by atoms with Gasteiger partial charge in [0.15, 0.2) is 0 Å². The maximum absolute atomic E-state index is 10.0. The van der Waals surface area contributed by atoms with Crippen LogP contribution in [0.15, 0.2) is 23.3 Å². The van der Waals surface area contributed by atoms with Gasteiger partial charge in [-0.2, -0.15) is 0 Å². The zero-order chi connectivity index (χ0) is 23.8. The van der Waals surface area contributed by atoms with Crippen LogP contribution in [0, 0.1) is 23.2 Å². The molecule has 4 fully saturated rings. The summed E-state index contributed by atoms with van der Waals surface area (Å²) in [6, 6.07) is 0.532. The number of methoxy groups -OCH3 is 1. The minimum atomic E-state index is -0.385. The Balaban J connectivity index is 1.45. The number of hydrogen-bond acceptors (Lipinski definition) is 4. The van der Waals surface area contributed by atoms with Crippen molar-refractivity contribution in [3.8, 4) is 0 Å². The van der Waals surface area contributed by atoms with E-state index in [0.717, 1.165) is 18.8 Å². The van der Waals surface area contributed by atoms with Gasteiger partial charge < -0.3 is 14.9 Å². The highest BCUT2D eigenvalue weighted by Crippen LogP contribution is 2.59. The van der Waals surface area contributed by atoms with Crippen LogP contribution in [0.25, 0.3) is 0 Å². The first kappa shape index (κ1) is 25.4. The van der Waals surface area contributed by atoms with Gasteiger partial charge in [-0.3, -0.25) is 4.90 Å². The molecule has 4 rings (SSSR count). The van der Waals surface area contributed by atoms with E-state index in [9.17, 15) is 10.2 Å². The maximum Gasteiger partial charge on any atom is 0.0777 e. The molecular formula is C29H49NO3. The Hall–Kier alpha value is -0.680. The van der Waals surface area contributed by atoms with Crippen LogP contribution in [-0.2, 0) is 4.74 Å². The Morgan fingerprint density at radius 1 is 1.12 bits per heavy atom. The van der Waals surface area contributed by atoms with Gasteiger partial charge in [0.05, 0.1) is 17.8 Å². The number of nitrogens with zero attached hydrogens (tertiary/aromatic N) is 1. The zero-order valence-electron chi connectivity index (χ0n) is 21.9. The summed E-state index contributed by atoms with van der Waals surface area (Å²) in [6.45, 7) is 12.0. The molecule has 0 amide bonds. The van der Waals surface area contributed by atoms with Crippen molar-refractivity contribution in [2.45, 2.75) is 116 Å². The smallest absolute Gasteiger partial charge is 0.0777 e. The topological polar surface area (TPSA) is 52.9 Å². The first-order valence-corrected chi connectivity index (χ1v) is 13.7. The van der Waals surface area contributed by atoms with E-state index in [4.69, 9.17) is 4.74 Å². The maximum atomic E-state index is 10.0. The zero-order valence-corrected chi connectivity index (χ0v) is 21.9. The minimum absolute atomic E-state index is 0.0765. The molecule has 0 aromatic rings. The highest BCUT2D eigenvalue weighted by atomic mass is 16.5. The summed E-state index contributed by atoms with van der Waals surface area (Å²) in [6.07, 6.45) is 14.9. The molecule has 3 saturated carbocycles. The summed E-state index contributed by atoms with van der Waals surface area (Å²) in [5, 5.41) is 20.1. The Kier molecular flexibility index (Phi) is 7.80. The van der Waals surface area contributed by atoms with Gasteiger partial charge >= 0.3 is 0 Å². The summed E-state index contributed by atoms with van der Waals surface area (Å²) in [5.41, 5.74) is 3.16. The average Bonchev–Trinajstić information content (AvgIpc) is 3.36. The molecule has 1 saturated heterocycles. The molecule has 0 unspecified atom stereocenters. The van der Waals surface area contributed by atoms with Gasteiger partial charge in [0, 0.05) is 19.7 Å². The number of hydrogen-bond donors (Lipinski definition) is 2. The van der Waals surface area contributed by atoms with Crippen molar-refractivity contribution in [2.24, 2.45) is 23.2 Å². The van der Waals surface area contributed by atoms with E-state index >= 15 is 0 Å². The van der Waals surface area contributed by atoms with Crippen molar-refractivity contribution in [1.82, 2.24) is 4.90 Å². The second-order valence-electron chi connectivity index (χ2n) is 12.6. The van der Waals surface area contributed by atoms with E-state index in [2.05, 4.69) is 44.7 Å². The van der Waals surface area contributed by atoms with Crippen molar-refractivity contribution >= 4 is 0 Å². The lowest BCUT2D eigenvalue weighted by Crippen LogP contribution is -2.49. The summed E-state index contributed by atoms with van der Waals surface area (Å²) >= 11 is 0. The van der Waals surface area contributed by atoms with Crippen LogP contribution in [0.5, 0.6) is 0 Å². The average molecular weight is 460 g/mol. The third kappa shape index (κ3) is 5.29.